The first-order valence-corrected chi connectivity index (χ1v) is 9.74. The van der Waals surface area contributed by atoms with Crippen LogP contribution in [0, 0.1) is 34.5 Å². The standard InChI is InChI=1S/C21H32O3/c1-12-9-13-10-14(22)5-7-19(13,2)18-16(23)11-20(3)15(17(12)18)6-8-21(20,4)24/h10,12,15-18,23-24H,5-9,11H2,1-4H3/t12-,15+,16+,17+,18+,19+,20+,21-/m1/s1. The van der Waals surface area contributed by atoms with Crippen LogP contribution in [0.1, 0.15) is 66.2 Å². The van der Waals surface area contributed by atoms with Crippen LogP contribution in [0.25, 0.3) is 0 Å². The first kappa shape index (κ1) is 16.8. The van der Waals surface area contributed by atoms with Crippen molar-refractivity contribution in [2.45, 2.75) is 77.9 Å². The summed E-state index contributed by atoms with van der Waals surface area (Å²) in [6, 6.07) is 0. The van der Waals surface area contributed by atoms with E-state index in [9.17, 15) is 15.0 Å². The Morgan fingerprint density at radius 3 is 2.62 bits per heavy atom. The second-order valence-corrected chi connectivity index (χ2v) is 9.95. The molecular formula is C21H32O3. The Labute approximate surface area is 145 Å². The highest BCUT2D eigenvalue weighted by atomic mass is 16.3. The Morgan fingerprint density at radius 2 is 1.92 bits per heavy atom. The van der Waals surface area contributed by atoms with Crippen molar-refractivity contribution in [1.29, 1.82) is 0 Å². The molecule has 0 aromatic rings. The highest BCUT2D eigenvalue weighted by Gasteiger charge is 2.66. The van der Waals surface area contributed by atoms with Crippen molar-refractivity contribution in [3.63, 3.8) is 0 Å². The molecule has 0 heterocycles. The van der Waals surface area contributed by atoms with Gasteiger partial charge in [-0.2, -0.15) is 0 Å². The number of carbonyl (C=O) groups is 1. The summed E-state index contributed by atoms with van der Waals surface area (Å²) < 4.78 is 0. The fourth-order valence-corrected chi connectivity index (χ4v) is 7.23. The molecule has 0 aromatic carbocycles. The van der Waals surface area contributed by atoms with Crippen LogP contribution in [-0.2, 0) is 4.79 Å². The van der Waals surface area contributed by atoms with Gasteiger partial charge in [-0.1, -0.05) is 26.3 Å². The van der Waals surface area contributed by atoms with Gasteiger partial charge in [0.1, 0.15) is 0 Å². The summed E-state index contributed by atoms with van der Waals surface area (Å²) in [4.78, 5) is 12.0. The van der Waals surface area contributed by atoms with Gasteiger partial charge in [-0.25, -0.2) is 0 Å². The quantitative estimate of drug-likeness (QED) is 0.714. The molecule has 0 bridgehead atoms. The fraction of sp³-hybridized carbons (Fsp3) is 0.857. The number of ketones is 1. The molecule has 134 valence electrons. The summed E-state index contributed by atoms with van der Waals surface area (Å²) in [7, 11) is 0. The average Bonchev–Trinajstić information content (AvgIpc) is 2.71. The van der Waals surface area contributed by atoms with E-state index in [0.717, 1.165) is 25.7 Å². The molecule has 2 N–H and O–H groups in total. The number of fused-ring (bicyclic) bond motifs is 5. The van der Waals surface area contributed by atoms with E-state index in [1.807, 2.05) is 13.0 Å². The van der Waals surface area contributed by atoms with Gasteiger partial charge in [0.15, 0.2) is 5.78 Å². The molecule has 0 radical (unpaired) electrons. The lowest BCUT2D eigenvalue weighted by atomic mass is 9.43. The van der Waals surface area contributed by atoms with E-state index >= 15 is 0 Å². The first-order valence-electron chi connectivity index (χ1n) is 9.74. The van der Waals surface area contributed by atoms with E-state index < -0.39 is 5.60 Å². The Balaban J connectivity index is 1.80. The topological polar surface area (TPSA) is 57.5 Å². The zero-order valence-electron chi connectivity index (χ0n) is 15.5. The van der Waals surface area contributed by atoms with Gasteiger partial charge in [0.25, 0.3) is 0 Å². The summed E-state index contributed by atoms with van der Waals surface area (Å²) in [5.41, 5.74) is 0.368. The molecule has 3 saturated carbocycles. The highest BCUT2D eigenvalue weighted by Crippen LogP contribution is 2.68. The van der Waals surface area contributed by atoms with Crippen molar-refractivity contribution in [1.82, 2.24) is 0 Å². The Bertz CT molecular complexity index is 606. The van der Waals surface area contributed by atoms with Crippen molar-refractivity contribution in [2.24, 2.45) is 34.5 Å². The molecule has 4 aliphatic carbocycles. The molecule has 0 aliphatic heterocycles. The number of aliphatic hydroxyl groups is 2. The van der Waals surface area contributed by atoms with Crippen LogP contribution >= 0.6 is 0 Å². The van der Waals surface area contributed by atoms with Crippen LogP contribution in [0.15, 0.2) is 11.6 Å². The minimum atomic E-state index is -0.678. The largest absolute Gasteiger partial charge is 0.393 e. The maximum Gasteiger partial charge on any atom is 0.155 e. The lowest BCUT2D eigenvalue weighted by molar-refractivity contribution is -0.176. The van der Waals surface area contributed by atoms with Gasteiger partial charge in [-0.05, 0) is 74.2 Å². The minimum Gasteiger partial charge on any atom is -0.393 e. The number of aliphatic hydroxyl groups excluding tert-OH is 1. The second-order valence-electron chi connectivity index (χ2n) is 9.95. The fourth-order valence-electron chi connectivity index (χ4n) is 7.23. The molecule has 0 spiro atoms. The molecule has 3 fully saturated rings. The lowest BCUT2D eigenvalue weighted by Crippen LogP contribution is -2.61. The van der Waals surface area contributed by atoms with Crippen LogP contribution in [0.5, 0.6) is 0 Å². The van der Waals surface area contributed by atoms with Gasteiger partial charge >= 0.3 is 0 Å². The van der Waals surface area contributed by atoms with Gasteiger partial charge < -0.3 is 10.2 Å². The predicted molar refractivity (Wildman–Crippen MR) is 93.3 cm³/mol. The van der Waals surface area contributed by atoms with E-state index in [4.69, 9.17) is 0 Å². The van der Waals surface area contributed by atoms with Crippen molar-refractivity contribution >= 4 is 5.78 Å². The van der Waals surface area contributed by atoms with Crippen LogP contribution in [-0.4, -0.2) is 27.7 Å². The SMILES string of the molecule is C[C@@H]1CC2=CC(=O)CC[C@]2(C)[C@@H]2[C@@H]1[C@@H]1CC[C@@](C)(O)[C@@]1(C)C[C@@H]2O. The van der Waals surface area contributed by atoms with Gasteiger partial charge in [0.2, 0.25) is 0 Å². The van der Waals surface area contributed by atoms with E-state index in [1.165, 1.54) is 5.57 Å². The molecule has 3 nitrogen and oxygen atoms in total. The van der Waals surface area contributed by atoms with Gasteiger partial charge in [0.05, 0.1) is 11.7 Å². The third-order valence-corrected chi connectivity index (χ3v) is 8.81. The molecule has 0 aromatic heterocycles. The highest BCUT2D eigenvalue weighted by molar-refractivity contribution is 5.91. The van der Waals surface area contributed by atoms with Crippen LogP contribution in [0.3, 0.4) is 0 Å². The molecule has 4 rings (SSSR count). The number of hydrogen-bond acceptors (Lipinski definition) is 3. The Morgan fingerprint density at radius 1 is 1.21 bits per heavy atom. The molecule has 4 aliphatic rings. The van der Waals surface area contributed by atoms with E-state index in [2.05, 4.69) is 20.8 Å². The van der Waals surface area contributed by atoms with Crippen molar-refractivity contribution in [2.75, 3.05) is 0 Å². The van der Waals surface area contributed by atoms with Crippen LogP contribution in [0.2, 0.25) is 0 Å². The first-order chi connectivity index (χ1) is 11.1. The summed E-state index contributed by atoms with van der Waals surface area (Å²) in [5.74, 6) is 1.88. The van der Waals surface area contributed by atoms with Crippen LogP contribution in [0.4, 0.5) is 0 Å². The zero-order valence-corrected chi connectivity index (χ0v) is 15.5. The molecule has 0 saturated heterocycles. The molecule has 0 amide bonds. The molecule has 8 atom stereocenters. The summed E-state index contributed by atoms with van der Waals surface area (Å²) in [5, 5.41) is 22.2. The Kier molecular flexibility index (Phi) is 3.46. The second kappa shape index (κ2) is 4.94. The predicted octanol–water partition coefficient (Wildman–Crippen LogP) is 3.49. The van der Waals surface area contributed by atoms with Gasteiger partial charge in [-0.15, -0.1) is 0 Å². The number of rotatable bonds is 0. The summed E-state index contributed by atoms with van der Waals surface area (Å²) in [6.07, 6.45) is 6.57. The molecular weight excluding hydrogens is 300 g/mol. The Hall–Kier alpha value is -0.670. The van der Waals surface area contributed by atoms with Crippen molar-refractivity contribution < 1.29 is 15.0 Å². The van der Waals surface area contributed by atoms with Crippen molar-refractivity contribution in [3.05, 3.63) is 11.6 Å². The van der Waals surface area contributed by atoms with E-state index in [0.29, 0.717) is 30.6 Å². The van der Waals surface area contributed by atoms with Crippen molar-refractivity contribution in [3.8, 4) is 0 Å². The van der Waals surface area contributed by atoms with E-state index in [1.54, 1.807) is 0 Å². The molecule has 0 unspecified atom stereocenters. The number of allylic oxidation sites excluding steroid dienone is 1. The number of carbonyl (C=O) groups excluding carboxylic acids is 1. The lowest BCUT2D eigenvalue weighted by Gasteiger charge is -2.62. The zero-order chi connectivity index (χ0) is 17.5. The number of hydrogen-bond donors (Lipinski definition) is 2. The third-order valence-electron chi connectivity index (χ3n) is 8.81. The normalized spacial score (nSPS) is 57.0. The maximum atomic E-state index is 12.0. The smallest absolute Gasteiger partial charge is 0.155 e. The average molecular weight is 332 g/mol. The van der Waals surface area contributed by atoms with Gasteiger partial charge in [-0.3, -0.25) is 4.79 Å². The van der Waals surface area contributed by atoms with Crippen LogP contribution < -0.4 is 0 Å². The third kappa shape index (κ3) is 1.94. The minimum absolute atomic E-state index is 0.0414. The maximum absolute atomic E-state index is 12.0. The van der Waals surface area contributed by atoms with Gasteiger partial charge in [0, 0.05) is 11.8 Å². The molecule has 3 heteroatoms. The molecule has 24 heavy (non-hydrogen) atoms. The van der Waals surface area contributed by atoms with E-state index in [-0.39, 0.29) is 28.6 Å². The summed E-state index contributed by atoms with van der Waals surface area (Å²) >= 11 is 0. The monoisotopic (exact) mass is 332 g/mol. The summed E-state index contributed by atoms with van der Waals surface area (Å²) in [6.45, 7) is 8.76.